The van der Waals surface area contributed by atoms with Crippen LogP contribution in [0.15, 0.2) is 0 Å². The zero-order valence-corrected chi connectivity index (χ0v) is 13.7. The average Bonchev–Trinajstić information content (AvgIpc) is 2.03. The van der Waals surface area contributed by atoms with Crippen LogP contribution in [-0.2, 0) is 4.12 Å². The van der Waals surface area contributed by atoms with Gasteiger partial charge in [-0.05, 0) is 11.3 Å². The maximum atomic E-state index is 5.78. The molecule has 0 aliphatic rings. The van der Waals surface area contributed by atoms with E-state index in [9.17, 15) is 0 Å². The van der Waals surface area contributed by atoms with Crippen molar-refractivity contribution in [1.82, 2.24) is 0 Å². The number of hydrogen-bond acceptors (Lipinski definition) is 1. The monoisotopic (exact) mass is 222 g/mol. The number of hydrogen-bond donors (Lipinski definition) is 0. The van der Waals surface area contributed by atoms with E-state index in [0.717, 1.165) is 0 Å². The molecular formula is C6H22OSi4. The van der Waals surface area contributed by atoms with Crippen LogP contribution < -0.4 is 0 Å². The highest BCUT2D eigenvalue weighted by Gasteiger charge is 1.90. The summed E-state index contributed by atoms with van der Waals surface area (Å²) < 4.78 is 5.78. The zero-order valence-electron chi connectivity index (χ0n) is 8.07. The minimum absolute atomic E-state index is 0.0180. The van der Waals surface area contributed by atoms with Crippen molar-refractivity contribution in [2.24, 2.45) is 0 Å². The van der Waals surface area contributed by atoms with Crippen molar-refractivity contribution in [3.8, 4) is 0 Å². The molecule has 5 heteroatoms. The third-order valence-electron chi connectivity index (χ3n) is 1.78. The van der Waals surface area contributed by atoms with E-state index in [0.29, 0.717) is 19.0 Å². The van der Waals surface area contributed by atoms with Gasteiger partial charge in [0.25, 0.3) is 0 Å². The van der Waals surface area contributed by atoms with Gasteiger partial charge in [-0.3, -0.25) is 0 Å². The predicted molar refractivity (Wildman–Crippen MR) is 65.8 cm³/mol. The molecule has 0 aliphatic carbocycles. The standard InChI is InChI=1S/C6H22OSi4/c1-3-8-5-10-7-11-6-9-4-2/h3-6,8-11H2,1-2H3. The van der Waals surface area contributed by atoms with Crippen LogP contribution in [0.4, 0.5) is 0 Å². The lowest BCUT2D eigenvalue weighted by Gasteiger charge is -2.00. The molecule has 0 radical (unpaired) electrons. The molecule has 0 bridgehead atoms. The highest BCUT2D eigenvalue weighted by atomic mass is 28.3. The fraction of sp³-hybridized carbons (Fsp3) is 1.00. The van der Waals surface area contributed by atoms with Gasteiger partial charge in [-0.1, -0.05) is 25.9 Å². The second-order valence-electron chi connectivity index (χ2n) is 3.03. The normalized spacial score (nSPS) is 14.7. The minimum Gasteiger partial charge on any atom is -0.466 e. The lowest BCUT2D eigenvalue weighted by molar-refractivity contribution is 0.647. The van der Waals surface area contributed by atoms with Gasteiger partial charge in [-0.25, -0.2) is 0 Å². The zero-order chi connectivity index (χ0) is 8.36. The predicted octanol–water partition coefficient (Wildman–Crippen LogP) is -0.864. The summed E-state index contributed by atoms with van der Waals surface area (Å²) in [6.45, 7) is 4.64. The summed E-state index contributed by atoms with van der Waals surface area (Å²) in [4.78, 5) is 0. The first kappa shape index (κ1) is 11.8. The summed E-state index contributed by atoms with van der Waals surface area (Å²) in [5, 5.41) is 0. The van der Waals surface area contributed by atoms with E-state index in [1.165, 1.54) is 12.1 Å². The maximum Gasteiger partial charge on any atom is 0.142 e. The highest BCUT2D eigenvalue weighted by molar-refractivity contribution is 6.59. The molecule has 0 saturated heterocycles. The molecule has 0 saturated carbocycles. The molecule has 0 aromatic carbocycles. The third-order valence-corrected chi connectivity index (χ3v) is 11.8. The van der Waals surface area contributed by atoms with Crippen LogP contribution in [0.25, 0.3) is 0 Å². The number of rotatable bonds is 8. The topological polar surface area (TPSA) is 9.23 Å². The summed E-state index contributed by atoms with van der Waals surface area (Å²) in [5.41, 5.74) is 3.13. The minimum atomic E-state index is 0.0180. The molecule has 68 valence electrons. The molecular weight excluding hydrogens is 200 g/mol. The lowest BCUT2D eigenvalue weighted by Crippen LogP contribution is -2.08. The van der Waals surface area contributed by atoms with Crippen LogP contribution in [0.3, 0.4) is 0 Å². The molecule has 0 amide bonds. The van der Waals surface area contributed by atoms with E-state index >= 15 is 0 Å². The Morgan fingerprint density at radius 1 is 0.909 bits per heavy atom. The van der Waals surface area contributed by atoms with E-state index in [1.54, 1.807) is 11.3 Å². The summed E-state index contributed by atoms with van der Waals surface area (Å²) >= 11 is 0. The molecule has 0 N–H and O–H groups in total. The van der Waals surface area contributed by atoms with E-state index in [1.807, 2.05) is 0 Å². The van der Waals surface area contributed by atoms with Gasteiger partial charge in [0, 0.05) is 19.0 Å². The largest absolute Gasteiger partial charge is 0.466 e. The highest BCUT2D eigenvalue weighted by Crippen LogP contribution is 1.85. The second-order valence-corrected chi connectivity index (χ2v) is 14.5. The quantitative estimate of drug-likeness (QED) is 0.384. The Bertz CT molecular complexity index is 63.6. The van der Waals surface area contributed by atoms with Crippen molar-refractivity contribution in [3.63, 3.8) is 0 Å². The Morgan fingerprint density at radius 2 is 1.36 bits per heavy atom. The van der Waals surface area contributed by atoms with Gasteiger partial charge in [-0.15, -0.1) is 0 Å². The van der Waals surface area contributed by atoms with Crippen LogP contribution in [0, 0.1) is 0 Å². The second kappa shape index (κ2) is 10.8. The van der Waals surface area contributed by atoms with Crippen molar-refractivity contribution in [3.05, 3.63) is 0 Å². The van der Waals surface area contributed by atoms with Gasteiger partial charge in [0.05, 0.1) is 0 Å². The van der Waals surface area contributed by atoms with Crippen molar-refractivity contribution in [1.29, 1.82) is 0 Å². The third kappa shape index (κ3) is 10.8. The van der Waals surface area contributed by atoms with E-state index in [-0.39, 0.29) is 19.5 Å². The Balaban J connectivity index is 2.69. The molecule has 0 rings (SSSR count). The Labute approximate surface area is 80.2 Å². The van der Waals surface area contributed by atoms with E-state index in [2.05, 4.69) is 13.8 Å². The molecule has 0 spiro atoms. The van der Waals surface area contributed by atoms with Crippen molar-refractivity contribution in [2.45, 2.75) is 37.3 Å². The Hall–Kier alpha value is 0.828. The molecule has 1 nitrogen and oxygen atoms in total. The van der Waals surface area contributed by atoms with Gasteiger partial charge >= 0.3 is 0 Å². The van der Waals surface area contributed by atoms with Crippen molar-refractivity contribution in [2.75, 3.05) is 0 Å². The molecule has 11 heavy (non-hydrogen) atoms. The average molecular weight is 223 g/mol. The van der Waals surface area contributed by atoms with Gasteiger partial charge in [0.2, 0.25) is 0 Å². The van der Waals surface area contributed by atoms with E-state index < -0.39 is 0 Å². The fourth-order valence-electron chi connectivity index (χ4n) is 1.01. The molecule has 0 fully saturated rings. The molecule has 0 heterocycles. The summed E-state index contributed by atoms with van der Waals surface area (Å²) in [7, 11) is 0.741. The molecule has 0 aromatic heterocycles. The van der Waals surface area contributed by atoms with Crippen LogP contribution in [0.1, 0.15) is 13.8 Å². The van der Waals surface area contributed by atoms with Gasteiger partial charge < -0.3 is 4.12 Å². The molecule has 0 unspecified atom stereocenters. The fourth-order valence-corrected chi connectivity index (χ4v) is 12.8. The van der Waals surface area contributed by atoms with Gasteiger partial charge in [0.15, 0.2) is 0 Å². The van der Waals surface area contributed by atoms with Crippen LogP contribution in [0.2, 0.25) is 23.4 Å². The van der Waals surface area contributed by atoms with Crippen LogP contribution >= 0.6 is 0 Å². The molecule has 0 aliphatic heterocycles. The van der Waals surface area contributed by atoms with Crippen molar-refractivity contribution >= 4 is 38.6 Å². The smallest absolute Gasteiger partial charge is 0.142 e. The first-order valence-electron chi connectivity index (χ1n) is 4.99. The molecule has 0 aromatic rings. The van der Waals surface area contributed by atoms with Crippen molar-refractivity contribution < 1.29 is 4.12 Å². The summed E-state index contributed by atoms with van der Waals surface area (Å²) in [5.74, 6) is 0. The summed E-state index contributed by atoms with van der Waals surface area (Å²) in [6, 6.07) is 2.98. The Kier molecular flexibility index (Phi) is 11.6. The maximum absolute atomic E-state index is 5.78. The van der Waals surface area contributed by atoms with Gasteiger partial charge in [-0.2, -0.15) is 0 Å². The lowest BCUT2D eigenvalue weighted by atomic mass is 11.0. The van der Waals surface area contributed by atoms with Crippen LogP contribution in [0.5, 0.6) is 0 Å². The van der Waals surface area contributed by atoms with E-state index in [4.69, 9.17) is 4.12 Å². The first-order chi connectivity index (χ1) is 5.41. The molecule has 0 atom stereocenters. The first-order valence-corrected chi connectivity index (χ1v) is 12.1. The summed E-state index contributed by atoms with van der Waals surface area (Å²) in [6.07, 6.45) is 0. The Morgan fingerprint density at radius 3 is 1.73 bits per heavy atom. The SMILES string of the molecule is CC[SiH2]C[SiH2]O[SiH2]C[SiH2]CC. The van der Waals surface area contributed by atoms with Crippen LogP contribution in [-0.4, -0.2) is 38.6 Å². The van der Waals surface area contributed by atoms with Gasteiger partial charge in [0.1, 0.15) is 19.5 Å².